The highest BCUT2D eigenvalue weighted by molar-refractivity contribution is 7.90. The van der Waals surface area contributed by atoms with E-state index in [4.69, 9.17) is 4.78 Å². The number of rotatable bonds is 3. The second kappa shape index (κ2) is 3.64. The molecule has 6 heteroatoms. The first-order chi connectivity index (χ1) is 6.31. The molecule has 5 nitrogen and oxygen atoms in total. The second-order valence-corrected chi connectivity index (χ2v) is 5.19. The first-order valence-electron chi connectivity index (χ1n) is 4.01. The molecule has 0 aliphatic heterocycles. The molecule has 0 saturated carbocycles. The van der Waals surface area contributed by atoms with Crippen LogP contribution in [0.2, 0.25) is 0 Å². The molecule has 0 aliphatic carbocycles. The van der Waals surface area contributed by atoms with Crippen LogP contribution in [0.1, 0.15) is 13.8 Å². The molecule has 1 heterocycles. The minimum atomic E-state index is -3.18. The van der Waals surface area contributed by atoms with Gasteiger partial charge in [0.25, 0.3) is 0 Å². The van der Waals surface area contributed by atoms with Gasteiger partial charge in [-0.25, -0.2) is 8.99 Å². The summed E-state index contributed by atoms with van der Waals surface area (Å²) in [5, 5.41) is 9.38. The van der Waals surface area contributed by atoms with E-state index in [2.05, 4.69) is 9.71 Å². The Kier molecular flexibility index (Phi) is 2.89. The third-order valence-electron chi connectivity index (χ3n) is 1.36. The molecule has 0 saturated heterocycles. The Labute approximate surface area is 83.3 Å². The monoisotopic (exact) mass is 215 g/mol. The van der Waals surface area contributed by atoms with Crippen LogP contribution in [0.15, 0.2) is 29.4 Å². The van der Waals surface area contributed by atoms with E-state index in [1.165, 1.54) is 32.3 Å². The van der Waals surface area contributed by atoms with E-state index in [9.17, 15) is 9.32 Å². The Hall–Kier alpha value is -0.980. The van der Waals surface area contributed by atoms with Crippen LogP contribution < -0.4 is 4.72 Å². The van der Waals surface area contributed by atoms with Gasteiger partial charge in [-0.15, -0.1) is 0 Å². The largest absolute Gasteiger partial charge is 0.376 e. The standard InChI is InChI=1S/C8H13N3O2S/c1-8(2,12)11-14(9,13)7-4-3-5-10-6-7/h3-6,12H,1-2H3,(H2,9,11,13). The van der Waals surface area contributed by atoms with Crippen molar-refractivity contribution in [3.8, 4) is 0 Å². The Morgan fingerprint density at radius 2 is 2.29 bits per heavy atom. The van der Waals surface area contributed by atoms with Gasteiger partial charge < -0.3 is 5.11 Å². The van der Waals surface area contributed by atoms with Gasteiger partial charge >= 0.3 is 0 Å². The third-order valence-corrected chi connectivity index (χ3v) is 3.05. The number of nitrogens with zero attached hydrogens (tertiary/aromatic N) is 1. The van der Waals surface area contributed by atoms with Crippen LogP contribution in [0.4, 0.5) is 0 Å². The van der Waals surface area contributed by atoms with E-state index < -0.39 is 15.6 Å². The fourth-order valence-corrected chi connectivity index (χ4v) is 2.23. The molecule has 0 fully saturated rings. The molecule has 1 aromatic heterocycles. The average molecular weight is 215 g/mol. The fourth-order valence-electron chi connectivity index (χ4n) is 0.928. The summed E-state index contributed by atoms with van der Waals surface area (Å²) in [6, 6.07) is 3.12. The molecule has 1 aromatic rings. The predicted molar refractivity (Wildman–Crippen MR) is 52.8 cm³/mol. The van der Waals surface area contributed by atoms with Crippen LogP contribution in [0, 0.1) is 4.78 Å². The van der Waals surface area contributed by atoms with Crippen LogP contribution in [0.5, 0.6) is 0 Å². The SMILES string of the molecule is CC(C)(O)NS(=N)(=O)c1cccnc1. The molecule has 3 N–H and O–H groups in total. The van der Waals surface area contributed by atoms with Gasteiger partial charge in [0.2, 0.25) is 0 Å². The topological polar surface area (TPSA) is 86.1 Å². The summed E-state index contributed by atoms with van der Waals surface area (Å²) in [7, 11) is -3.18. The van der Waals surface area contributed by atoms with Crippen LogP contribution in [0.3, 0.4) is 0 Å². The molecular formula is C8H13N3O2S. The predicted octanol–water partition coefficient (Wildman–Crippen LogP) is 0.720. The normalized spacial score (nSPS) is 16.2. The molecule has 1 atom stereocenters. The molecule has 0 aromatic carbocycles. The van der Waals surface area contributed by atoms with Gasteiger partial charge in [-0.2, -0.15) is 4.72 Å². The minimum Gasteiger partial charge on any atom is -0.376 e. The van der Waals surface area contributed by atoms with Crippen molar-refractivity contribution in [1.29, 1.82) is 4.78 Å². The summed E-state index contributed by atoms with van der Waals surface area (Å²) in [6.07, 6.45) is 2.87. The molecule has 0 amide bonds. The van der Waals surface area contributed by atoms with Crippen molar-refractivity contribution in [2.45, 2.75) is 24.5 Å². The Bertz CT molecular complexity index is 394. The minimum absolute atomic E-state index is 0.252. The van der Waals surface area contributed by atoms with Gasteiger partial charge in [-0.3, -0.25) is 4.98 Å². The summed E-state index contributed by atoms with van der Waals surface area (Å²) in [5.74, 6) is 0. The summed E-state index contributed by atoms with van der Waals surface area (Å²) < 4.78 is 21.6. The number of aromatic nitrogens is 1. The van der Waals surface area contributed by atoms with Crippen molar-refractivity contribution in [2.75, 3.05) is 0 Å². The molecular weight excluding hydrogens is 202 g/mol. The molecule has 0 spiro atoms. The molecule has 0 bridgehead atoms. The van der Waals surface area contributed by atoms with E-state index in [1.54, 1.807) is 6.07 Å². The maximum atomic E-state index is 11.8. The van der Waals surface area contributed by atoms with E-state index in [-0.39, 0.29) is 4.90 Å². The maximum absolute atomic E-state index is 11.8. The average Bonchev–Trinajstić information content (AvgIpc) is 2.01. The maximum Gasteiger partial charge on any atom is 0.138 e. The van der Waals surface area contributed by atoms with Gasteiger partial charge in [0.15, 0.2) is 0 Å². The van der Waals surface area contributed by atoms with Gasteiger partial charge in [0.05, 0.1) is 4.90 Å². The highest BCUT2D eigenvalue weighted by atomic mass is 32.2. The first kappa shape index (κ1) is 11.1. The zero-order valence-corrected chi connectivity index (χ0v) is 8.84. The van der Waals surface area contributed by atoms with Crippen LogP contribution in [0.25, 0.3) is 0 Å². The summed E-state index contributed by atoms with van der Waals surface area (Å²) >= 11 is 0. The van der Waals surface area contributed by atoms with E-state index in [1.807, 2.05) is 0 Å². The molecule has 78 valence electrons. The lowest BCUT2D eigenvalue weighted by Gasteiger charge is -2.20. The first-order valence-corrected chi connectivity index (χ1v) is 5.57. The van der Waals surface area contributed by atoms with Crippen LogP contribution in [-0.4, -0.2) is 20.0 Å². The Balaban J connectivity index is 2.99. The van der Waals surface area contributed by atoms with Crippen molar-refractivity contribution < 1.29 is 9.32 Å². The van der Waals surface area contributed by atoms with Crippen molar-refractivity contribution in [3.63, 3.8) is 0 Å². The number of aliphatic hydroxyl groups is 1. The fraction of sp³-hybridized carbons (Fsp3) is 0.375. The lowest BCUT2D eigenvalue weighted by molar-refractivity contribution is 0.0699. The Morgan fingerprint density at radius 1 is 1.64 bits per heavy atom. The highest BCUT2D eigenvalue weighted by Crippen LogP contribution is 2.09. The number of hydrogen-bond acceptors (Lipinski definition) is 4. The van der Waals surface area contributed by atoms with E-state index in [0.29, 0.717) is 0 Å². The highest BCUT2D eigenvalue weighted by Gasteiger charge is 2.20. The molecule has 1 rings (SSSR count). The summed E-state index contributed by atoms with van der Waals surface area (Å²) in [6.45, 7) is 2.86. The van der Waals surface area contributed by atoms with Gasteiger partial charge in [0, 0.05) is 12.4 Å². The number of pyridine rings is 1. The van der Waals surface area contributed by atoms with Crippen molar-refractivity contribution in [2.24, 2.45) is 0 Å². The van der Waals surface area contributed by atoms with Crippen molar-refractivity contribution in [1.82, 2.24) is 9.71 Å². The van der Waals surface area contributed by atoms with Crippen molar-refractivity contribution in [3.05, 3.63) is 24.5 Å². The quantitative estimate of drug-likeness (QED) is 0.649. The van der Waals surface area contributed by atoms with Gasteiger partial charge in [-0.05, 0) is 26.0 Å². The van der Waals surface area contributed by atoms with Crippen molar-refractivity contribution >= 4 is 9.92 Å². The smallest absolute Gasteiger partial charge is 0.138 e. The second-order valence-electron chi connectivity index (χ2n) is 3.41. The summed E-state index contributed by atoms with van der Waals surface area (Å²) in [4.78, 5) is 4.01. The summed E-state index contributed by atoms with van der Waals surface area (Å²) in [5.41, 5.74) is -1.35. The molecule has 14 heavy (non-hydrogen) atoms. The number of nitrogens with one attached hydrogen (secondary N) is 2. The van der Waals surface area contributed by atoms with Gasteiger partial charge in [0.1, 0.15) is 15.6 Å². The molecule has 0 aliphatic rings. The molecule has 1 unspecified atom stereocenters. The zero-order chi connectivity index (χ0) is 10.8. The Morgan fingerprint density at radius 3 is 2.71 bits per heavy atom. The van der Waals surface area contributed by atoms with E-state index in [0.717, 1.165) is 0 Å². The van der Waals surface area contributed by atoms with Crippen LogP contribution in [-0.2, 0) is 9.92 Å². The zero-order valence-electron chi connectivity index (χ0n) is 8.02. The lowest BCUT2D eigenvalue weighted by atomic mass is 10.4. The lowest BCUT2D eigenvalue weighted by Crippen LogP contribution is -2.42. The number of hydrogen-bond donors (Lipinski definition) is 3. The van der Waals surface area contributed by atoms with E-state index >= 15 is 0 Å². The third kappa shape index (κ3) is 3.06. The molecule has 0 radical (unpaired) electrons. The van der Waals surface area contributed by atoms with Gasteiger partial charge in [-0.1, -0.05) is 0 Å². The van der Waals surface area contributed by atoms with Crippen LogP contribution >= 0.6 is 0 Å².